The third-order valence-corrected chi connectivity index (χ3v) is 4.68. The molecule has 0 saturated carbocycles. The standard InChI is InChI=1S/C18H10N2S/c1-3-7-13-11(5-1)12-6-2-4-8-14(12)18-17(13)19-15-9-21-10-16(15)20-18/h1-10H. The van der Waals surface area contributed by atoms with Crippen LogP contribution >= 0.6 is 11.3 Å². The summed E-state index contributed by atoms with van der Waals surface area (Å²) in [5, 5.41) is 8.95. The number of rotatable bonds is 0. The topological polar surface area (TPSA) is 25.8 Å². The lowest BCUT2D eigenvalue weighted by Gasteiger charge is -2.08. The number of benzene rings is 3. The molecule has 0 aliphatic heterocycles. The zero-order chi connectivity index (χ0) is 13.8. The van der Waals surface area contributed by atoms with Crippen molar-refractivity contribution in [1.29, 1.82) is 0 Å². The molecule has 0 unspecified atom stereocenters. The molecule has 98 valence electrons. The van der Waals surface area contributed by atoms with E-state index in [0.717, 1.165) is 22.1 Å². The third-order valence-electron chi connectivity index (χ3n) is 3.97. The first-order chi connectivity index (χ1) is 10.4. The van der Waals surface area contributed by atoms with Gasteiger partial charge >= 0.3 is 0 Å². The van der Waals surface area contributed by atoms with Crippen molar-refractivity contribution in [3.63, 3.8) is 0 Å². The van der Waals surface area contributed by atoms with Gasteiger partial charge in [0, 0.05) is 21.5 Å². The molecule has 0 amide bonds. The molecule has 2 aromatic heterocycles. The van der Waals surface area contributed by atoms with E-state index in [9.17, 15) is 0 Å². The van der Waals surface area contributed by atoms with Gasteiger partial charge in [0.1, 0.15) is 11.0 Å². The van der Waals surface area contributed by atoms with E-state index in [1.165, 1.54) is 21.5 Å². The summed E-state index contributed by atoms with van der Waals surface area (Å²) in [5.74, 6) is 0. The molecule has 0 aliphatic carbocycles. The highest BCUT2D eigenvalue weighted by molar-refractivity contribution is 7.09. The number of thiophene rings is 1. The van der Waals surface area contributed by atoms with E-state index in [4.69, 9.17) is 9.97 Å². The minimum absolute atomic E-state index is 0.980. The van der Waals surface area contributed by atoms with Crippen molar-refractivity contribution in [2.75, 3.05) is 0 Å². The van der Waals surface area contributed by atoms with Crippen LogP contribution < -0.4 is 0 Å². The Morgan fingerprint density at radius 2 is 1.00 bits per heavy atom. The van der Waals surface area contributed by atoms with E-state index < -0.39 is 0 Å². The van der Waals surface area contributed by atoms with Crippen LogP contribution in [-0.4, -0.2) is 9.97 Å². The Morgan fingerprint density at radius 1 is 0.571 bits per heavy atom. The van der Waals surface area contributed by atoms with E-state index in [0.29, 0.717) is 0 Å². The smallest absolute Gasteiger partial charge is 0.100 e. The average Bonchev–Trinajstić information content (AvgIpc) is 3.01. The number of nitrogens with zero attached hydrogens (tertiary/aromatic N) is 2. The predicted octanol–water partition coefficient (Wildman–Crippen LogP) is 5.15. The quantitative estimate of drug-likeness (QED) is 0.368. The van der Waals surface area contributed by atoms with Gasteiger partial charge in [-0.3, -0.25) is 0 Å². The normalized spacial score (nSPS) is 11.8. The van der Waals surface area contributed by atoms with Crippen LogP contribution in [0.25, 0.3) is 43.6 Å². The summed E-state index contributed by atoms with van der Waals surface area (Å²) in [6.45, 7) is 0. The molecule has 2 nitrogen and oxygen atoms in total. The van der Waals surface area contributed by atoms with Crippen molar-refractivity contribution < 1.29 is 0 Å². The Hall–Kier alpha value is -2.52. The Morgan fingerprint density at radius 3 is 1.48 bits per heavy atom. The first kappa shape index (κ1) is 11.2. The molecule has 0 bridgehead atoms. The van der Waals surface area contributed by atoms with Gasteiger partial charge in [-0.15, -0.1) is 11.3 Å². The SMILES string of the molecule is c1ccc2c(c1)c1ccccc1c1nc3cscc3nc21. The Balaban J connectivity index is 2.21. The van der Waals surface area contributed by atoms with E-state index in [2.05, 4.69) is 59.3 Å². The second-order valence-electron chi connectivity index (χ2n) is 5.15. The van der Waals surface area contributed by atoms with Crippen molar-refractivity contribution in [3.8, 4) is 0 Å². The highest BCUT2D eigenvalue weighted by Crippen LogP contribution is 2.34. The van der Waals surface area contributed by atoms with Gasteiger partial charge in [0.05, 0.1) is 11.0 Å². The molecule has 0 atom stereocenters. The van der Waals surface area contributed by atoms with Crippen LogP contribution in [0, 0.1) is 0 Å². The van der Waals surface area contributed by atoms with Crippen LogP contribution in [0.1, 0.15) is 0 Å². The number of aromatic nitrogens is 2. The minimum atomic E-state index is 0.980. The zero-order valence-corrected chi connectivity index (χ0v) is 11.9. The third kappa shape index (κ3) is 1.46. The molecular formula is C18H10N2S. The number of hydrogen-bond acceptors (Lipinski definition) is 3. The summed E-state index contributed by atoms with van der Waals surface area (Å²) in [6, 6.07) is 16.9. The van der Waals surface area contributed by atoms with Gasteiger partial charge < -0.3 is 0 Å². The summed E-state index contributed by atoms with van der Waals surface area (Å²) in [7, 11) is 0. The molecule has 0 aliphatic rings. The first-order valence-electron chi connectivity index (χ1n) is 6.85. The van der Waals surface area contributed by atoms with E-state index in [1.54, 1.807) is 11.3 Å². The van der Waals surface area contributed by atoms with Crippen LogP contribution in [0.2, 0.25) is 0 Å². The van der Waals surface area contributed by atoms with Gasteiger partial charge in [-0.05, 0) is 10.8 Å². The molecule has 0 fully saturated rings. The maximum absolute atomic E-state index is 4.86. The molecule has 5 aromatic rings. The molecule has 0 saturated heterocycles. The molecule has 5 rings (SSSR count). The van der Waals surface area contributed by atoms with Crippen LogP contribution in [0.15, 0.2) is 59.3 Å². The number of fused-ring (bicyclic) bond motifs is 7. The molecule has 21 heavy (non-hydrogen) atoms. The van der Waals surface area contributed by atoms with Crippen molar-refractivity contribution in [3.05, 3.63) is 59.3 Å². The summed E-state index contributed by atoms with van der Waals surface area (Å²) < 4.78 is 0. The van der Waals surface area contributed by atoms with Crippen molar-refractivity contribution in [1.82, 2.24) is 9.97 Å². The van der Waals surface area contributed by atoms with Gasteiger partial charge in [-0.25, -0.2) is 9.97 Å². The maximum Gasteiger partial charge on any atom is 0.100 e. The largest absolute Gasteiger partial charge is 0.243 e. The first-order valence-corrected chi connectivity index (χ1v) is 7.79. The van der Waals surface area contributed by atoms with Crippen molar-refractivity contribution in [2.45, 2.75) is 0 Å². The summed E-state index contributed by atoms with van der Waals surface area (Å²) >= 11 is 1.65. The Labute approximate surface area is 124 Å². The zero-order valence-electron chi connectivity index (χ0n) is 11.1. The lowest BCUT2D eigenvalue weighted by atomic mass is 9.99. The molecular weight excluding hydrogens is 276 g/mol. The monoisotopic (exact) mass is 286 g/mol. The Kier molecular flexibility index (Phi) is 2.12. The van der Waals surface area contributed by atoms with E-state index in [1.807, 2.05) is 0 Å². The fraction of sp³-hybridized carbons (Fsp3) is 0. The average molecular weight is 286 g/mol. The highest BCUT2D eigenvalue weighted by atomic mass is 32.1. The van der Waals surface area contributed by atoms with Crippen LogP contribution in [0.4, 0.5) is 0 Å². The van der Waals surface area contributed by atoms with Crippen molar-refractivity contribution in [2.24, 2.45) is 0 Å². The van der Waals surface area contributed by atoms with Gasteiger partial charge in [0.15, 0.2) is 0 Å². The van der Waals surface area contributed by atoms with Crippen LogP contribution in [0.5, 0.6) is 0 Å². The Bertz CT molecular complexity index is 1050. The minimum Gasteiger partial charge on any atom is -0.243 e. The summed E-state index contributed by atoms with van der Waals surface area (Å²) in [4.78, 5) is 9.73. The van der Waals surface area contributed by atoms with E-state index >= 15 is 0 Å². The van der Waals surface area contributed by atoms with Gasteiger partial charge in [0.25, 0.3) is 0 Å². The molecule has 0 N–H and O–H groups in total. The van der Waals surface area contributed by atoms with Gasteiger partial charge in [0.2, 0.25) is 0 Å². The van der Waals surface area contributed by atoms with Crippen molar-refractivity contribution >= 4 is 54.9 Å². The lowest BCUT2D eigenvalue weighted by molar-refractivity contribution is 1.44. The lowest BCUT2D eigenvalue weighted by Crippen LogP contribution is -1.89. The predicted molar refractivity (Wildman–Crippen MR) is 89.9 cm³/mol. The van der Waals surface area contributed by atoms with Crippen LogP contribution in [-0.2, 0) is 0 Å². The van der Waals surface area contributed by atoms with Gasteiger partial charge in [-0.1, -0.05) is 48.5 Å². The van der Waals surface area contributed by atoms with Crippen LogP contribution in [0.3, 0.4) is 0 Å². The molecule has 2 heterocycles. The highest BCUT2D eigenvalue weighted by Gasteiger charge is 2.11. The fourth-order valence-electron chi connectivity index (χ4n) is 3.02. The molecule has 0 radical (unpaired) electrons. The second kappa shape index (κ2) is 3.99. The number of hydrogen-bond donors (Lipinski definition) is 0. The second-order valence-corrected chi connectivity index (χ2v) is 5.90. The summed E-state index contributed by atoms with van der Waals surface area (Å²) in [6.07, 6.45) is 0. The molecule has 3 heteroatoms. The fourth-order valence-corrected chi connectivity index (χ4v) is 3.69. The van der Waals surface area contributed by atoms with E-state index in [-0.39, 0.29) is 0 Å². The molecule has 3 aromatic carbocycles. The molecule has 0 spiro atoms. The summed E-state index contributed by atoms with van der Waals surface area (Å²) in [5.41, 5.74) is 3.95. The van der Waals surface area contributed by atoms with Gasteiger partial charge in [-0.2, -0.15) is 0 Å². The maximum atomic E-state index is 4.86.